The van der Waals surface area contributed by atoms with Crippen molar-refractivity contribution in [1.82, 2.24) is 0 Å². The summed E-state index contributed by atoms with van der Waals surface area (Å²) >= 11 is 0. The Morgan fingerprint density at radius 2 is 1.60 bits per heavy atom. The van der Waals surface area contributed by atoms with E-state index in [4.69, 9.17) is 14.2 Å². The Hall–Kier alpha value is -0.120. The van der Waals surface area contributed by atoms with Gasteiger partial charge in [0, 0.05) is 0 Å². The normalized spacial score (nSPS) is 46.6. The molecule has 15 heavy (non-hydrogen) atoms. The summed E-state index contributed by atoms with van der Waals surface area (Å²) in [5.41, 5.74) is 0. The largest absolute Gasteiger partial charge is 0.373 e. The van der Waals surface area contributed by atoms with Crippen molar-refractivity contribution < 1.29 is 14.2 Å². The van der Waals surface area contributed by atoms with E-state index < -0.39 is 0 Å². The second kappa shape index (κ2) is 4.04. The number of hydrogen-bond acceptors (Lipinski definition) is 3. The van der Waals surface area contributed by atoms with Crippen molar-refractivity contribution in [3.8, 4) is 0 Å². The SMILES string of the molecule is CC1OC1CCC1OC1CCCC1CO1. The Bertz CT molecular complexity index is 227. The first-order chi connectivity index (χ1) is 7.33. The summed E-state index contributed by atoms with van der Waals surface area (Å²) in [6.45, 7) is 3.14. The van der Waals surface area contributed by atoms with Crippen LogP contribution in [0, 0.1) is 0 Å². The van der Waals surface area contributed by atoms with E-state index in [9.17, 15) is 0 Å². The topological polar surface area (TPSA) is 37.6 Å². The first-order valence-corrected chi connectivity index (χ1v) is 6.25. The summed E-state index contributed by atoms with van der Waals surface area (Å²) in [5, 5.41) is 0. The highest BCUT2D eigenvalue weighted by atomic mass is 16.6. The summed E-state index contributed by atoms with van der Waals surface area (Å²) in [7, 11) is 0. The van der Waals surface area contributed by atoms with E-state index in [0.717, 1.165) is 6.61 Å². The molecule has 0 amide bonds. The van der Waals surface area contributed by atoms with Crippen LogP contribution in [0.1, 0.15) is 39.0 Å². The minimum atomic E-state index is 0.509. The monoisotopic (exact) mass is 212 g/mol. The van der Waals surface area contributed by atoms with E-state index in [1.807, 2.05) is 0 Å². The maximum atomic E-state index is 5.64. The van der Waals surface area contributed by atoms with E-state index in [0.29, 0.717) is 30.5 Å². The quantitative estimate of drug-likeness (QED) is 0.605. The van der Waals surface area contributed by atoms with Crippen molar-refractivity contribution in [2.45, 2.75) is 69.5 Å². The zero-order valence-electron chi connectivity index (χ0n) is 9.35. The third kappa shape index (κ3) is 2.92. The van der Waals surface area contributed by atoms with Gasteiger partial charge in [0.2, 0.25) is 0 Å². The lowest BCUT2D eigenvalue weighted by Crippen LogP contribution is -1.98. The van der Waals surface area contributed by atoms with Crippen LogP contribution in [-0.2, 0) is 14.2 Å². The van der Waals surface area contributed by atoms with Crippen molar-refractivity contribution >= 4 is 0 Å². The third-order valence-corrected chi connectivity index (χ3v) is 3.68. The molecule has 3 nitrogen and oxygen atoms in total. The number of ether oxygens (including phenoxy) is 3. The standard InChI is InChI=1S/C12H20O3/c1-8-10(14-8)5-6-12-11(15-12)4-2-3-9-7-13-9/h8-12H,2-7H2,1H3. The molecule has 0 spiro atoms. The molecular formula is C12H20O3. The van der Waals surface area contributed by atoms with Crippen LogP contribution in [0.15, 0.2) is 0 Å². The summed E-state index contributed by atoms with van der Waals surface area (Å²) in [6.07, 6.45) is 8.84. The number of rotatable bonds is 7. The molecule has 3 aliphatic rings. The van der Waals surface area contributed by atoms with Crippen LogP contribution < -0.4 is 0 Å². The van der Waals surface area contributed by atoms with E-state index in [1.54, 1.807) is 0 Å². The van der Waals surface area contributed by atoms with Gasteiger partial charge in [-0.3, -0.25) is 0 Å². The second-order valence-corrected chi connectivity index (χ2v) is 5.06. The lowest BCUT2D eigenvalue weighted by Gasteiger charge is -1.94. The van der Waals surface area contributed by atoms with E-state index in [-0.39, 0.29) is 0 Å². The Morgan fingerprint density at radius 3 is 2.27 bits per heavy atom. The maximum absolute atomic E-state index is 5.64. The predicted octanol–water partition coefficient (Wildman–Crippen LogP) is 1.89. The zero-order valence-corrected chi connectivity index (χ0v) is 9.35. The third-order valence-electron chi connectivity index (χ3n) is 3.68. The highest BCUT2D eigenvalue weighted by Crippen LogP contribution is 2.35. The van der Waals surface area contributed by atoms with Crippen LogP contribution in [0.25, 0.3) is 0 Å². The van der Waals surface area contributed by atoms with Gasteiger partial charge in [0.15, 0.2) is 0 Å². The first kappa shape index (κ1) is 10.1. The molecule has 0 saturated carbocycles. The van der Waals surface area contributed by atoms with Crippen LogP contribution >= 0.6 is 0 Å². The highest BCUT2D eigenvalue weighted by molar-refractivity contribution is 4.89. The second-order valence-electron chi connectivity index (χ2n) is 5.06. The minimum Gasteiger partial charge on any atom is -0.373 e. The maximum Gasteiger partial charge on any atom is 0.0842 e. The number of epoxide rings is 3. The van der Waals surface area contributed by atoms with Gasteiger partial charge in [-0.15, -0.1) is 0 Å². The fourth-order valence-electron chi connectivity index (χ4n) is 2.33. The van der Waals surface area contributed by atoms with Gasteiger partial charge in [-0.2, -0.15) is 0 Å². The molecule has 0 aliphatic carbocycles. The molecular weight excluding hydrogens is 192 g/mol. The van der Waals surface area contributed by atoms with Gasteiger partial charge in [-0.1, -0.05) is 0 Å². The molecule has 3 aliphatic heterocycles. The summed E-state index contributed by atoms with van der Waals surface area (Å²) in [6, 6.07) is 0. The van der Waals surface area contributed by atoms with Crippen LogP contribution in [0.3, 0.4) is 0 Å². The van der Waals surface area contributed by atoms with Gasteiger partial charge in [-0.25, -0.2) is 0 Å². The number of hydrogen-bond donors (Lipinski definition) is 0. The van der Waals surface area contributed by atoms with Crippen molar-refractivity contribution in [2.75, 3.05) is 6.61 Å². The minimum absolute atomic E-state index is 0.509. The fourth-order valence-corrected chi connectivity index (χ4v) is 2.33. The van der Waals surface area contributed by atoms with E-state index in [1.165, 1.54) is 32.1 Å². The molecule has 3 fully saturated rings. The van der Waals surface area contributed by atoms with Gasteiger partial charge >= 0.3 is 0 Å². The molecule has 0 aromatic heterocycles. The Labute approximate surface area is 91.1 Å². The first-order valence-electron chi connectivity index (χ1n) is 6.25. The Balaban J connectivity index is 1.21. The predicted molar refractivity (Wildman–Crippen MR) is 55.8 cm³/mol. The van der Waals surface area contributed by atoms with Crippen LogP contribution in [0.2, 0.25) is 0 Å². The van der Waals surface area contributed by atoms with Crippen molar-refractivity contribution in [3.05, 3.63) is 0 Å². The van der Waals surface area contributed by atoms with Crippen LogP contribution in [0.5, 0.6) is 0 Å². The fraction of sp³-hybridized carbons (Fsp3) is 1.00. The van der Waals surface area contributed by atoms with Gasteiger partial charge in [0.05, 0.1) is 37.1 Å². The molecule has 0 radical (unpaired) electrons. The Morgan fingerprint density at radius 1 is 0.933 bits per heavy atom. The zero-order chi connectivity index (χ0) is 10.3. The van der Waals surface area contributed by atoms with Gasteiger partial charge in [-0.05, 0) is 39.0 Å². The van der Waals surface area contributed by atoms with E-state index >= 15 is 0 Å². The summed E-state index contributed by atoms with van der Waals surface area (Å²) < 4.78 is 16.2. The van der Waals surface area contributed by atoms with Crippen LogP contribution in [0.4, 0.5) is 0 Å². The molecule has 0 aromatic carbocycles. The van der Waals surface area contributed by atoms with Gasteiger partial charge in [0.1, 0.15) is 0 Å². The average Bonchev–Trinajstić information content (AvgIpc) is 3.02. The molecule has 0 aromatic rings. The highest BCUT2D eigenvalue weighted by Gasteiger charge is 2.41. The summed E-state index contributed by atoms with van der Waals surface area (Å²) in [4.78, 5) is 0. The lowest BCUT2D eigenvalue weighted by atomic mass is 10.1. The van der Waals surface area contributed by atoms with Crippen molar-refractivity contribution in [2.24, 2.45) is 0 Å². The molecule has 5 unspecified atom stereocenters. The molecule has 0 N–H and O–H groups in total. The molecule has 3 heteroatoms. The van der Waals surface area contributed by atoms with Crippen LogP contribution in [-0.4, -0.2) is 37.1 Å². The lowest BCUT2D eigenvalue weighted by molar-refractivity contribution is 0.329. The van der Waals surface area contributed by atoms with Gasteiger partial charge < -0.3 is 14.2 Å². The molecule has 5 atom stereocenters. The molecule has 3 heterocycles. The molecule has 3 rings (SSSR count). The van der Waals surface area contributed by atoms with E-state index in [2.05, 4.69) is 6.92 Å². The molecule has 0 bridgehead atoms. The smallest absolute Gasteiger partial charge is 0.0842 e. The Kier molecular flexibility index (Phi) is 2.71. The molecule has 86 valence electrons. The molecule has 3 saturated heterocycles. The summed E-state index contributed by atoms with van der Waals surface area (Å²) in [5.74, 6) is 0. The average molecular weight is 212 g/mol. The van der Waals surface area contributed by atoms with Crippen molar-refractivity contribution in [1.29, 1.82) is 0 Å². The van der Waals surface area contributed by atoms with Gasteiger partial charge in [0.25, 0.3) is 0 Å². The van der Waals surface area contributed by atoms with Crippen molar-refractivity contribution in [3.63, 3.8) is 0 Å².